The minimum absolute atomic E-state index is 0.179. The fourth-order valence-corrected chi connectivity index (χ4v) is 7.05. The molecule has 9 rings (SSSR count). The van der Waals surface area contributed by atoms with E-state index in [9.17, 15) is 9.18 Å². The molecule has 0 atom stereocenters. The zero-order chi connectivity index (χ0) is 27.9. The highest BCUT2D eigenvalue weighted by Gasteiger charge is 2.70. The summed E-state index contributed by atoms with van der Waals surface area (Å²) in [5.41, 5.74) is 11.7. The third-order valence-electron chi connectivity index (χ3n) is 9.01. The third kappa shape index (κ3) is 3.69. The number of nitrogens with zero attached hydrogens (tertiary/aromatic N) is 6. The summed E-state index contributed by atoms with van der Waals surface area (Å²) >= 11 is 0. The predicted octanol–water partition coefficient (Wildman–Crippen LogP) is 3.48. The zero-order valence-electron chi connectivity index (χ0n) is 22.6. The summed E-state index contributed by atoms with van der Waals surface area (Å²) in [5.74, 6) is -0.382. The molecular formula is C30H29FN8O2. The molecule has 10 nitrogen and oxygen atoms in total. The van der Waals surface area contributed by atoms with Gasteiger partial charge in [0.05, 0.1) is 24.6 Å². The number of amides is 1. The van der Waals surface area contributed by atoms with Crippen LogP contribution >= 0.6 is 0 Å². The number of carbonyl (C=O) groups excluding carboxylic acids is 1. The van der Waals surface area contributed by atoms with Crippen molar-refractivity contribution in [2.75, 3.05) is 32.0 Å². The van der Waals surface area contributed by atoms with E-state index in [2.05, 4.69) is 20.2 Å². The van der Waals surface area contributed by atoms with Gasteiger partial charge >= 0.3 is 0 Å². The van der Waals surface area contributed by atoms with Gasteiger partial charge < -0.3 is 20.2 Å². The first kappa shape index (κ1) is 24.4. The molecular weight excluding hydrogens is 523 g/mol. The number of fused-ring (bicyclic) bond motifs is 2. The van der Waals surface area contributed by atoms with Crippen LogP contribution < -0.4 is 11.1 Å². The van der Waals surface area contributed by atoms with E-state index < -0.39 is 0 Å². The third-order valence-corrected chi connectivity index (χ3v) is 9.01. The fourth-order valence-electron chi connectivity index (χ4n) is 7.05. The van der Waals surface area contributed by atoms with Crippen molar-refractivity contribution in [1.82, 2.24) is 34.0 Å². The summed E-state index contributed by atoms with van der Waals surface area (Å²) in [7, 11) is 0. The Balaban J connectivity index is 1.18. The van der Waals surface area contributed by atoms with Gasteiger partial charge in [-0.3, -0.25) is 14.1 Å². The normalized spacial score (nSPS) is 23.9. The maximum atomic E-state index is 13.8. The number of nitrogen functional groups attached to an aromatic ring is 1. The number of anilines is 1. The number of benzene rings is 1. The number of hydrogen-bond acceptors (Lipinski definition) is 7. The highest BCUT2D eigenvalue weighted by molar-refractivity contribution is 5.95. The lowest BCUT2D eigenvalue weighted by Gasteiger charge is -2.74. The van der Waals surface area contributed by atoms with E-state index in [1.165, 1.54) is 12.1 Å². The Morgan fingerprint density at radius 1 is 1.00 bits per heavy atom. The molecule has 1 aliphatic heterocycles. The van der Waals surface area contributed by atoms with Gasteiger partial charge in [-0.15, -0.1) is 0 Å². The number of nitrogens with one attached hydrogen (secondary N) is 1. The van der Waals surface area contributed by atoms with Crippen LogP contribution in [0.4, 0.5) is 10.2 Å². The van der Waals surface area contributed by atoms with Gasteiger partial charge in [-0.2, -0.15) is 0 Å². The summed E-state index contributed by atoms with van der Waals surface area (Å²) in [6.45, 7) is 5.43. The monoisotopic (exact) mass is 552 g/mol. The molecule has 41 heavy (non-hydrogen) atoms. The van der Waals surface area contributed by atoms with Crippen molar-refractivity contribution in [2.24, 2.45) is 0 Å². The summed E-state index contributed by atoms with van der Waals surface area (Å²) in [6.07, 6.45) is 8.36. The Kier molecular flexibility index (Phi) is 5.11. The van der Waals surface area contributed by atoms with Crippen LogP contribution in [0, 0.1) is 12.7 Å². The minimum Gasteiger partial charge on any atom is -0.381 e. The molecule has 1 amide bonds. The lowest BCUT2D eigenvalue weighted by atomic mass is 9.43. The molecule has 0 spiro atoms. The molecule has 1 saturated heterocycles. The van der Waals surface area contributed by atoms with Crippen LogP contribution in [-0.4, -0.2) is 71.9 Å². The van der Waals surface area contributed by atoms with E-state index in [0.29, 0.717) is 22.6 Å². The van der Waals surface area contributed by atoms with Crippen molar-refractivity contribution < 1.29 is 13.9 Å². The van der Waals surface area contributed by atoms with E-state index in [-0.39, 0.29) is 34.3 Å². The topological polar surface area (TPSA) is 115 Å². The standard InChI is InChI=1S/C30H29FN8O2/c1-18-12-33-23-7-4-20(13-38(18)23)25-24(19-2-5-21(31)6-3-19)35-26(32)27-34-22(14-39(25)27)28(40)36-29-15-30(16-29,17-29)37-8-10-41-11-9-37/h2-7,12-14H,8-11,15-17H2,1H3,(H2,32,35)(H,36,40). The highest BCUT2D eigenvalue weighted by atomic mass is 19.1. The Morgan fingerprint density at radius 3 is 2.49 bits per heavy atom. The number of halogens is 1. The molecule has 1 aromatic carbocycles. The quantitative estimate of drug-likeness (QED) is 0.343. The smallest absolute Gasteiger partial charge is 0.271 e. The van der Waals surface area contributed by atoms with Gasteiger partial charge in [0.2, 0.25) is 0 Å². The number of nitrogens with two attached hydrogens (primary N) is 1. The number of hydrogen-bond donors (Lipinski definition) is 2. The fraction of sp³-hybridized carbons (Fsp3) is 0.333. The summed E-state index contributed by atoms with van der Waals surface area (Å²) in [6, 6.07) is 10.0. The van der Waals surface area contributed by atoms with Gasteiger partial charge in [-0.05, 0) is 62.6 Å². The SMILES string of the molecule is Cc1cnc2ccc(-c3c(-c4ccc(F)cc4)nc(N)c4nc(C(=O)NC56CC(N7CCOCC7)(C5)C6)cn34)cn12. The van der Waals surface area contributed by atoms with Crippen molar-refractivity contribution >= 4 is 23.0 Å². The number of carbonyl (C=O) groups is 1. The lowest BCUT2D eigenvalue weighted by Crippen LogP contribution is -2.84. The molecule has 5 heterocycles. The molecule has 3 aliphatic carbocycles. The van der Waals surface area contributed by atoms with Crippen LogP contribution in [0.3, 0.4) is 0 Å². The van der Waals surface area contributed by atoms with Crippen molar-refractivity contribution in [2.45, 2.75) is 37.3 Å². The van der Waals surface area contributed by atoms with E-state index in [4.69, 9.17) is 15.5 Å². The first-order valence-corrected chi connectivity index (χ1v) is 13.9. The van der Waals surface area contributed by atoms with Crippen LogP contribution in [0.25, 0.3) is 33.8 Å². The Hall–Kier alpha value is -4.35. The van der Waals surface area contributed by atoms with Gasteiger partial charge in [-0.1, -0.05) is 0 Å². The van der Waals surface area contributed by atoms with E-state index >= 15 is 0 Å². The maximum Gasteiger partial charge on any atom is 0.271 e. The van der Waals surface area contributed by atoms with Gasteiger partial charge in [0, 0.05) is 59.6 Å². The maximum absolute atomic E-state index is 13.8. The number of aryl methyl sites for hydroxylation is 1. The van der Waals surface area contributed by atoms with E-state index in [1.807, 2.05) is 40.3 Å². The first-order chi connectivity index (χ1) is 19.8. The summed E-state index contributed by atoms with van der Waals surface area (Å²) < 4.78 is 23.1. The van der Waals surface area contributed by atoms with Gasteiger partial charge in [0.1, 0.15) is 17.2 Å². The summed E-state index contributed by atoms with van der Waals surface area (Å²) in [4.78, 5) is 29.8. The molecule has 0 unspecified atom stereocenters. The minimum atomic E-state index is -0.342. The average Bonchev–Trinajstić information content (AvgIpc) is 3.55. The molecule has 4 fully saturated rings. The molecule has 11 heteroatoms. The Labute approximate surface area is 235 Å². The molecule has 2 bridgehead atoms. The van der Waals surface area contributed by atoms with Crippen LogP contribution in [0.2, 0.25) is 0 Å². The number of ether oxygens (including phenoxy) is 1. The predicted molar refractivity (Wildman–Crippen MR) is 151 cm³/mol. The van der Waals surface area contributed by atoms with Crippen molar-refractivity contribution in [3.63, 3.8) is 0 Å². The van der Waals surface area contributed by atoms with Crippen LogP contribution in [0.1, 0.15) is 35.4 Å². The number of morpholine rings is 1. The largest absolute Gasteiger partial charge is 0.381 e. The second-order valence-electron chi connectivity index (χ2n) is 11.7. The number of pyridine rings is 1. The van der Waals surface area contributed by atoms with Crippen LogP contribution in [0.5, 0.6) is 0 Å². The van der Waals surface area contributed by atoms with Gasteiger partial charge in [0.25, 0.3) is 5.91 Å². The van der Waals surface area contributed by atoms with Crippen LogP contribution in [-0.2, 0) is 4.74 Å². The van der Waals surface area contributed by atoms with Crippen molar-refractivity contribution in [3.05, 3.63) is 72.2 Å². The van der Waals surface area contributed by atoms with Crippen molar-refractivity contribution in [1.29, 1.82) is 0 Å². The van der Waals surface area contributed by atoms with Crippen LogP contribution in [0.15, 0.2) is 55.0 Å². The first-order valence-electron chi connectivity index (χ1n) is 13.9. The Morgan fingerprint density at radius 2 is 1.73 bits per heavy atom. The number of imidazole rings is 2. The van der Waals surface area contributed by atoms with E-state index in [1.54, 1.807) is 18.3 Å². The van der Waals surface area contributed by atoms with E-state index in [0.717, 1.165) is 62.5 Å². The van der Waals surface area contributed by atoms with Crippen molar-refractivity contribution in [3.8, 4) is 22.5 Å². The molecule has 0 radical (unpaired) electrons. The summed E-state index contributed by atoms with van der Waals surface area (Å²) in [5, 5.41) is 3.27. The second kappa shape index (κ2) is 8.58. The van der Waals surface area contributed by atoms with Gasteiger partial charge in [-0.25, -0.2) is 19.3 Å². The molecule has 3 saturated carbocycles. The molecule has 3 N–H and O–H groups in total. The van der Waals surface area contributed by atoms with Gasteiger partial charge in [0.15, 0.2) is 11.5 Å². The zero-order valence-corrected chi connectivity index (χ0v) is 22.6. The molecule has 208 valence electrons. The average molecular weight is 553 g/mol. The molecule has 5 aromatic rings. The number of rotatable bonds is 5. The molecule has 4 aromatic heterocycles. The highest BCUT2D eigenvalue weighted by Crippen LogP contribution is 2.63. The molecule has 4 aliphatic rings. The number of aromatic nitrogens is 5. The second-order valence-corrected chi connectivity index (χ2v) is 11.7. The Bertz CT molecular complexity index is 1830. The lowest BCUT2D eigenvalue weighted by molar-refractivity contribution is -0.191.